The Labute approximate surface area is 178 Å². The van der Waals surface area contributed by atoms with Crippen LogP contribution in [-0.4, -0.2) is 76.7 Å². The Morgan fingerprint density at radius 2 is 2.17 bits per heavy atom. The lowest BCUT2D eigenvalue weighted by molar-refractivity contribution is 0.0754. The predicted octanol–water partition coefficient (Wildman–Crippen LogP) is 2.73. The van der Waals surface area contributed by atoms with E-state index in [4.69, 9.17) is 5.10 Å². The van der Waals surface area contributed by atoms with E-state index in [1.807, 2.05) is 4.90 Å². The van der Waals surface area contributed by atoms with Crippen LogP contribution in [0.15, 0.2) is 16.8 Å². The van der Waals surface area contributed by atoms with Crippen molar-refractivity contribution in [3.63, 3.8) is 0 Å². The van der Waals surface area contributed by atoms with Gasteiger partial charge < -0.3 is 9.80 Å². The van der Waals surface area contributed by atoms with Crippen LogP contribution in [-0.2, 0) is 25.9 Å². The number of likely N-dealkylation sites (N-methyl/N-ethyl adjacent to an activating group) is 2. The van der Waals surface area contributed by atoms with Gasteiger partial charge in [-0.25, -0.2) is 0 Å². The van der Waals surface area contributed by atoms with Crippen molar-refractivity contribution in [1.82, 2.24) is 24.5 Å². The Balaban J connectivity index is 1.54. The fraction of sp³-hybridized carbons (Fsp3) is 0.636. The SMILES string of the molecule is CCn1nc(C(=O)N2CCCN(C)CC2)c2c1CC[C@H](N(C)Cc1ccsc1)C2. The predicted molar refractivity (Wildman–Crippen MR) is 118 cm³/mol. The molecule has 1 atom stereocenters. The van der Waals surface area contributed by atoms with Crippen LogP contribution in [0.4, 0.5) is 0 Å². The summed E-state index contributed by atoms with van der Waals surface area (Å²) >= 11 is 1.75. The third-order valence-corrected chi connectivity index (χ3v) is 7.20. The number of thiophene rings is 1. The second-order valence-electron chi connectivity index (χ2n) is 8.48. The minimum atomic E-state index is 0.130. The van der Waals surface area contributed by atoms with Gasteiger partial charge in [-0.1, -0.05) is 0 Å². The highest BCUT2D eigenvalue weighted by Crippen LogP contribution is 2.29. The average Bonchev–Trinajstić information content (AvgIpc) is 3.31. The first kappa shape index (κ1) is 20.6. The first-order valence-corrected chi connectivity index (χ1v) is 11.8. The summed E-state index contributed by atoms with van der Waals surface area (Å²) in [6, 6.07) is 2.66. The normalized spacial score (nSPS) is 20.7. The van der Waals surface area contributed by atoms with Crippen LogP contribution in [0.2, 0.25) is 0 Å². The molecule has 1 aliphatic carbocycles. The van der Waals surface area contributed by atoms with Crippen molar-refractivity contribution in [2.75, 3.05) is 40.3 Å². The lowest BCUT2D eigenvalue weighted by atomic mass is 9.90. The number of nitrogens with zero attached hydrogens (tertiary/aromatic N) is 5. The van der Waals surface area contributed by atoms with E-state index in [2.05, 4.69) is 52.3 Å². The summed E-state index contributed by atoms with van der Waals surface area (Å²) in [5, 5.41) is 9.17. The summed E-state index contributed by atoms with van der Waals surface area (Å²) in [5.74, 6) is 0.130. The molecular weight excluding hydrogens is 382 g/mol. The van der Waals surface area contributed by atoms with E-state index >= 15 is 0 Å². The van der Waals surface area contributed by atoms with Crippen molar-refractivity contribution in [1.29, 1.82) is 0 Å². The monoisotopic (exact) mass is 415 g/mol. The molecule has 0 bridgehead atoms. The van der Waals surface area contributed by atoms with Gasteiger partial charge in [0.05, 0.1) is 0 Å². The molecule has 1 aliphatic heterocycles. The van der Waals surface area contributed by atoms with Crippen LogP contribution in [0.1, 0.15) is 47.1 Å². The van der Waals surface area contributed by atoms with Gasteiger partial charge in [0.15, 0.2) is 5.69 Å². The van der Waals surface area contributed by atoms with Crippen molar-refractivity contribution in [2.45, 2.75) is 51.7 Å². The molecular formula is C22H33N5OS. The Morgan fingerprint density at radius 1 is 1.31 bits per heavy atom. The summed E-state index contributed by atoms with van der Waals surface area (Å²) in [5.41, 5.74) is 4.56. The van der Waals surface area contributed by atoms with Gasteiger partial charge in [-0.3, -0.25) is 14.4 Å². The number of hydrogen-bond donors (Lipinski definition) is 0. The lowest BCUT2D eigenvalue weighted by Gasteiger charge is -2.31. The molecule has 0 N–H and O–H groups in total. The van der Waals surface area contributed by atoms with Crippen molar-refractivity contribution < 1.29 is 4.79 Å². The Hall–Kier alpha value is -1.70. The van der Waals surface area contributed by atoms with Crippen LogP contribution < -0.4 is 0 Å². The highest BCUT2D eigenvalue weighted by atomic mass is 32.1. The van der Waals surface area contributed by atoms with E-state index in [9.17, 15) is 4.79 Å². The maximum Gasteiger partial charge on any atom is 0.274 e. The molecule has 4 rings (SSSR count). The number of aryl methyl sites for hydroxylation is 1. The maximum absolute atomic E-state index is 13.4. The van der Waals surface area contributed by atoms with E-state index < -0.39 is 0 Å². The molecule has 7 heteroatoms. The lowest BCUT2D eigenvalue weighted by Crippen LogP contribution is -2.38. The van der Waals surface area contributed by atoms with Gasteiger partial charge in [-0.15, -0.1) is 0 Å². The summed E-state index contributed by atoms with van der Waals surface area (Å²) in [7, 11) is 4.35. The van der Waals surface area contributed by atoms with Gasteiger partial charge in [-0.05, 0) is 75.6 Å². The molecule has 2 aromatic rings. The number of fused-ring (bicyclic) bond motifs is 1. The number of hydrogen-bond acceptors (Lipinski definition) is 5. The Kier molecular flexibility index (Phi) is 6.37. The average molecular weight is 416 g/mol. The van der Waals surface area contributed by atoms with Crippen LogP contribution >= 0.6 is 11.3 Å². The van der Waals surface area contributed by atoms with E-state index in [-0.39, 0.29) is 5.91 Å². The van der Waals surface area contributed by atoms with Crippen LogP contribution in [0.3, 0.4) is 0 Å². The molecule has 6 nitrogen and oxygen atoms in total. The molecule has 1 fully saturated rings. The quantitative estimate of drug-likeness (QED) is 0.753. The fourth-order valence-electron chi connectivity index (χ4n) is 4.68. The molecule has 0 spiro atoms. The Bertz CT molecular complexity index is 831. The standard InChI is InChI=1S/C22H33N5OS/c1-4-27-20-7-6-18(25(3)15-17-8-13-29-16-17)14-19(20)21(23-27)22(28)26-10-5-9-24(2)11-12-26/h8,13,16,18H,4-7,9-12,14-15H2,1-3H3/t18-/m0/s1. The van der Waals surface area contributed by atoms with E-state index in [1.54, 1.807) is 11.3 Å². The first-order valence-electron chi connectivity index (χ1n) is 10.8. The van der Waals surface area contributed by atoms with Crippen molar-refractivity contribution in [2.24, 2.45) is 0 Å². The molecule has 0 aromatic carbocycles. The zero-order valence-corrected chi connectivity index (χ0v) is 18.7. The van der Waals surface area contributed by atoms with Gasteiger partial charge in [-0.2, -0.15) is 16.4 Å². The molecule has 1 saturated heterocycles. The van der Waals surface area contributed by atoms with E-state index in [0.29, 0.717) is 11.7 Å². The minimum Gasteiger partial charge on any atom is -0.336 e. The molecule has 0 radical (unpaired) electrons. The Morgan fingerprint density at radius 3 is 2.93 bits per heavy atom. The third kappa shape index (κ3) is 4.42. The van der Waals surface area contributed by atoms with Gasteiger partial charge in [0.2, 0.25) is 0 Å². The second kappa shape index (κ2) is 8.98. The molecule has 3 heterocycles. The first-order chi connectivity index (χ1) is 14.1. The van der Waals surface area contributed by atoms with Crippen molar-refractivity contribution >= 4 is 17.2 Å². The van der Waals surface area contributed by atoms with Crippen molar-refractivity contribution in [3.8, 4) is 0 Å². The van der Waals surface area contributed by atoms with Gasteiger partial charge in [0.25, 0.3) is 5.91 Å². The van der Waals surface area contributed by atoms with Crippen LogP contribution in [0, 0.1) is 0 Å². The number of carbonyl (C=O) groups is 1. The molecule has 0 saturated carbocycles. The topological polar surface area (TPSA) is 44.6 Å². The van der Waals surface area contributed by atoms with Gasteiger partial charge in [0.1, 0.15) is 0 Å². The zero-order valence-electron chi connectivity index (χ0n) is 17.9. The number of carbonyl (C=O) groups excluding carboxylic acids is 1. The highest BCUT2D eigenvalue weighted by Gasteiger charge is 2.32. The van der Waals surface area contributed by atoms with E-state index in [1.165, 1.54) is 16.8 Å². The van der Waals surface area contributed by atoms with Crippen LogP contribution in [0.25, 0.3) is 0 Å². The minimum absolute atomic E-state index is 0.130. The maximum atomic E-state index is 13.4. The van der Waals surface area contributed by atoms with Gasteiger partial charge in [0, 0.05) is 50.0 Å². The summed E-state index contributed by atoms with van der Waals surface area (Å²) in [6.07, 6.45) is 4.09. The summed E-state index contributed by atoms with van der Waals surface area (Å²) in [4.78, 5) is 20.2. The second-order valence-corrected chi connectivity index (χ2v) is 9.26. The molecule has 1 amide bonds. The van der Waals surface area contributed by atoms with Gasteiger partial charge >= 0.3 is 0 Å². The molecule has 2 aliphatic rings. The third-order valence-electron chi connectivity index (χ3n) is 6.46. The largest absolute Gasteiger partial charge is 0.336 e. The number of amides is 1. The van der Waals surface area contributed by atoms with Crippen molar-refractivity contribution in [3.05, 3.63) is 39.3 Å². The zero-order chi connectivity index (χ0) is 20.4. The molecule has 0 unspecified atom stereocenters. The molecule has 29 heavy (non-hydrogen) atoms. The summed E-state index contributed by atoms with van der Waals surface area (Å²) in [6.45, 7) is 7.54. The molecule has 158 valence electrons. The smallest absolute Gasteiger partial charge is 0.274 e. The van der Waals surface area contributed by atoms with Crippen LogP contribution in [0.5, 0.6) is 0 Å². The number of rotatable bonds is 5. The highest BCUT2D eigenvalue weighted by molar-refractivity contribution is 7.07. The van der Waals surface area contributed by atoms with E-state index in [0.717, 1.165) is 65.0 Å². The molecule has 2 aromatic heterocycles. The fourth-order valence-corrected chi connectivity index (χ4v) is 5.34. The summed E-state index contributed by atoms with van der Waals surface area (Å²) < 4.78 is 2.07. The number of aromatic nitrogens is 2.